The lowest BCUT2D eigenvalue weighted by atomic mass is 10.1. The first-order valence-electron chi connectivity index (χ1n) is 9.65. The minimum atomic E-state index is -0.156. The second-order valence-electron chi connectivity index (χ2n) is 6.80. The van der Waals surface area contributed by atoms with Gasteiger partial charge in [-0.3, -0.25) is 9.48 Å². The van der Waals surface area contributed by atoms with Crippen LogP contribution in [0.2, 0.25) is 0 Å². The Morgan fingerprint density at radius 2 is 1.90 bits per heavy atom. The van der Waals surface area contributed by atoms with Crippen molar-refractivity contribution in [3.05, 3.63) is 71.1 Å². The first kappa shape index (κ1) is 19.8. The molecule has 4 rings (SSSR count). The number of carbonyl (C=O) groups excluding carboxylic acids is 1. The number of anilines is 1. The number of benzene rings is 2. The molecule has 0 saturated carbocycles. The number of hydrogen-bond donors (Lipinski definition) is 1. The van der Waals surface area contributed by atoms with Crippen molar-refractivity contribution in [2.75, 3.05) is 11.9 Å². The van der Waals surface area contributed by atoms with Gasteiger partial charge in [0.1, 0.15) is 22.3 Å². The van der Waals surface area contributed by atoms with E-state index in [0.717, 1.165) is 33.3 Å². The zero-order valence-electron chi connectivity index (χ0n) is 17.0. The minimum Gasteiger partial charge on any atom is -0.494 e. The Morgan fingerprint density at radius 1 is 1.13 bits per heavy atom. The Kier molecular flexibility index (Phi) is 5.63. The van der Waals surface area contributed by atoms with Crippen LogP contribution in [0.3, 0.4) is 0 Å². The van der Waals surface area contributed by atoms with Crippen LogP contribution in [-0.2, 0) is 7.05 Å². The second-order valence-corrected chi connectivity index (χ2v) is 7.66. The highest BCUT2D eigenvalue weighted by Crippen LogP contribution is 2.30. The number of nitrogens with zero attached hydrogens (tertiary/aromatic N) is 3. The summed E-state index contributed by atoms with van der Waals surface area (Å²) in [6.07, 6.45) is 0. The van der Waals surface area contributed by atoms with Crippen LogP contribution in [0, 0.1) is 6.92 Å². The predicted molar refractivity (Wildman–Crippen MR) is 120 cm³/mol. The third-order valence-electron chi connectivity index (χ3n) is 4.70. The average molecular weight is 419 g/mol. The van der Waals surface area contributed by atoms with Crippen LogP contribution in [0.25, 0.3) is 22.0 Å². The van der Waals surface area contributed by atoms with Crippen molar-refractivity contribution in [1.29, 1.82) is 0 Å². The Labute approximate surface area is 179 Å². The molecule has 0 fully saturated rings. The highest BCUT2D eigenvalue weighted by Gasteiger charge is 2.15. The number of amides is 1. The van der Waals surface area contributed by atoms with Gasteiger partial charge in [0.15, 0.2) is 0 Å². The normalized spacial score (nSPS) is 10.8. The molecule has 2 heterocycles. The number of rotatable bonds is 6. The Bertz CT molecular complexity index is 1180. The molecule has 2 aromatic carbocycles. The van der Waals surface area contributed by atoms with Crippen molar-refractivity contribution in [3.8, 4) is 27.7 Å². The second kappa shape index (κ2) is 8.51. The third-order valence-corrected chi connectivity index (χ3v) is 5.56. The van der Waals surface area contributed by atoms with Gasteiger partial charge >= 0.3 is 0 Å². The molecule has 152 valence electrons. The number of aryl methyl sites for hydroxylation is 2. The van der Waals surface area contributed by atoms with Gasteiger partial charge in [0.05, 0.1) is 12.3 Å². The zero-order chi connectivity index (χ0) is 21.1. The van der Waals surface area contributed by atoms with Gasteiger partial charge in [-0.2, -0.15) is 5.10 Å². The lowest BCUT2D eigenvalue weighted by Crippen LogP contribution is -2.15. The summed E-state index contributed by atoms with van der Waals surface area (Å²) in [5, 5.41) is 10.3. The molecule has 0 spiro atoms. The summed E-state index contributed by atoms with van der Waals surface area (Å²) in [7, 11) is 1.80. The number of hydrogen-bond acceptors (Lipinski definition) is 5. The lowest BCUT2D eigenvalue weighted by molar-refractivity contribution is 0.102. The van der Waals surface area contributed by atoms with Crippen LogP contribution in [0.4, 0.5) is 5.82 Å². The number of aromatic nitrogens is 3. The van der Waals surface area contributed by atoms with Crippen LogP contribution in [0.15, 0.2) is 60.0 Å². The molecule has 0 aliphatic heterocycles. The van der Waals surface area contributed by atoms with Crippen LogP contribution in [0.1, 0.15) is 22.8 Å². The van der Waals surface area contributed by atoms with Gasteiger partial charge in [0.2, 0.25) is 0 Å². The topological polar surface area (TPSA) is 69.0 Å². The molecule has 1 N–H and O–H groups in total. The van der Waals surface area contributed by atoms with Crippen LogP contribution in [0.5, 0.6) is 5.75 Å². The maximum Gasteiger partial charge on any atom is 0.257 e. The molecule has 0 atom stereocenters. The number of ether oxygens (including phenoxy) is 1. The van der Waals surface area contributed by atoms with Crippen LogP contribution < -0.4 is 10.1 Å². The fraction of sp³-hybridized carbons (Fsp3) is 0.174. The van der Waals surface area contributed by atoms with Crippen LogP contribution in [-0.4, -0.2) is 27.3 Å². The molecule has 0 saturated heterocycles. The van der Waals surface area contributed by atoms with Gasteiger partial charge in [0, 0.05) is 29.6 Å². The van der Waals surface area contributed by atoms with E-state index < -0.39 is 0 Å². The monoisotopic (exact) mass is 418 g/mol. The van der Waals surface area contributed by atoms with Crippen molar-refractivity contribution in [2.45, 2.75) is 13.8 Å². The molecule has 0 aliphatic rings. The van der Waals surface area contributed by atoms with E-state index in [4.69, 9.17) is 9.72 Å². The summed E-state index contributed by atoms with van der Waals surface area (Å²) in [5.41, 5.74) is 4.20. The summed E-state index contributed by atoms with van der Waals surface area (Å²) in [6, 6.07) is 17.2. The Balaban J connectivity index is 1.53. The van der Waals surface area contributed by atoms with E-state index in [-0.39, 0.29) is 5.91 Å². The first-order chi connectivity index (χ1) is 14.5. The molecule has 1 amide bonds. The third kappa shape index (κ3) is 4.11. The van der Waals surface area contributed by atoms with E-state index in [9.17, 15) is 4.79 Å². The first-order valence-corrected chi connectivity index (χ1v) is 10.5. The standard InChI is InChI=1S/C23H22N4O2S/c1-4-29-17-11-9-16(10-12-17)20-14-30-23(24-20)19-13-21(27(3)26-19)25-22(28)18-8-6-5-7-15(18)2/h5-14H,4H2,1-3H3,(H,25,28). The van der Waals surface area contributed by atoms with Gasteiger partial charge in [0.25, 0.3) is 5.91 Å². The molecule has 7 heteroatoms. The highest BCUT2D eigenvalue weighted by molar-refractivity contribution is 7.13. The minimum absolute atomic E-state index is 0.156. The molecule has 6 nitrogen and oxygen atoms in total. The molecular weight excluding hydrogens is 396 g/mol. The fourth-order valence-electron chi connectivity index (χ4n) is 3.11. The van der Waals surface area contributed by atoms with Crippen molar-refractivity contribution in [1.82, 2.24) is 14.8 Å². The van der Waals surface area contributed by atoms with E-state index in [1.54, 1.807) is 11.7 Å². The largest absolute Gasteiger partial charge is 0.494 e. The van der Waals surface area contributed by atoms with E-state index in [0.29, 0.717) is 18.0 Å². The summed E-state index contributed by atoms with van der Waals surface area (Å²) in [6.45, 7) is 4.52. The summed E-state index contributed by atoms with van der Waals surface area (Å²) >= 11 is 1.52. The summed E-state index contributed by atoms with van der Waals surface area (Å²) in [4.78, 5) is 17.3. The molecule has 30 heavy (non-hydrogen) atoms. The van der Waals surface area contributed by atoms with E-state index in [1.807, 2.05) is 73.8 Å². The van der Waals surface area contributed by atoms with Gasteiger partial charge in [-0.1, -0.05) is 18.2 Å². The fourth-order valence-corrected chi connectivity index (χ4v) is 3.90. The van der Waals surface area contributed by atoms with Gasteiger partial charge < -0.3 is 10.1 Å². The number of nitrogens with one attached hydrogen (secondary N) is 1. The van der Waals surface area contributed by atoms with Crippen LogP contribution >= 0.6 is 11.3 Å². The van der Waals surface area contributed by atoms with E-state index in [2.05, 4.69) is 10.4 Å². The molecule has 0 bridgehead atoms. The molecule has 0 unspecified atom stereocenters. The summed E-state index contributed by atoms with van der Waals surface area (Å²) in [5.74, 6) is 1.31. The predicted octanol–water partition coefficient (Wildman–Crippen LogP) is 5.17. The van der Waals surface area contributed by atoms with Crippen molar-refractivity contribution in [2.24, 2.45) is 7.05 Å². The molecular formula is C23H22N4O2S. The van der Waals surface area contributed by atoms with Gasteiger partial charge in [-0.15, -0.1) is 11.3 Å². The van der Waals surface area contributed by atoms with E-state index in [1.165, 1.54) is 11.3 Å². The van der Waals surface area contributed by atoms with Crippen molar-refractivity contribution in [3.63, 3.8) is 0 Å². The maximum absolute atomic E-state index is 12.6. The lowest BCUT2D eigenvalue weighted by Gasteiger charge is -2.07. The molecule has 0 aliphatic carbocycles. The Morgan fingerprint density at radius 3 is 2.63 bits per heavy atom. The molecule has 0 radical (unpaired) electrons. The van der Waals surface area contributed by atoms with Gasteiger partial charge in [-0.25, -0.2) is 4.98 Å². The van der Waals surface area contributed by atoms with Gasteiger partial charge in [-0.05, 0) is 49.7 Å². The van der Waals surface area contributed by atoms with E-state index >= 15 is 0 Å². The smallest absolute Gasteiger partial charge is 0.257 e. The van der Waals surface area contributed by atoms with Crippen molar-refractivity contribution >= 4 is 23.1 Å². The summed E-state index contributed by atoms with van der Waals surface area (Å²) < 4.78 is 7.15. The number of thiazole rings is 1. The average Bonchev–Trinajstić information content (AvgIpc) is 3.36. The zero-order valence-corrected chi connectivity index (χ0v) is 17.9. The quantitative estimate of drug-likeness (QED) is 0.469. The SMILES string of the molecule is CCOc1ccc(-c2csc(-c3cc(NC(=O)c4ccccc4C)n(C)n3)n2)cc1. The molecule has 2 aromatic heterocycles. The Hall–Kier alpha value is -3.45. The maximum atomic E-state index is 12.6. The molecule has 4 aromatic rings. The van der Waals surface area contributed by atoms with Crippen molar-refractivity contribution < 1.29 is 9.53 Å². The highest BCUT2D eigenvalue weighted by atomic mass is 32.1. The number of carbonyl (C=O) groups is 1.